The van der Waals surface area contributed by atoms with E-state index in [1.807, 2.05) is 0 Å². The highest BCUT2D eigenvalue weighted by Crippen LogP contribution is 2.30. The van der Waals surface area contributed by atoms with Crippen molar-refractivity contribution in [1.82, 2.24) is 4.90 Å². The molecule has 0 spiro atoms. The molecule has 1 atom stereocenters. The monoisotopic (exact) mass is 299 g/mol. The van der Waals surface area contributed by atoms with E-state index >= 15 is 0 Å². The van der Waals surface area contributed by atoms with E-state index in [9.17, 15) is 14.3 Å². The summed E-state index contributed by atoms with van der Waals surface area (Å²) < 4.78 is 13.6. The molecule has 1 aromatic rings. The lowest BCUT2D eigenvalue weighted by molar-refractivity contribution is -0.147. The van der Waals surface area contributed by atoms with Crippen molar-refractivity contribution in [2.24, 2.45) is 5.41 Å². The van der Waals surface area contributed by atoms with Crippen LogP contribution in [0.4, 0.5) is 4.39 Å². The minimum absolute atomic E-state index is 0.269. The first-order valence-corrected chi connectivity index (χ1v) is 7.19. The number of hydrogen-bond acceptors (Lipinski definition) is 2. The highest BCUT2D eigenvalue weighted by molar-refractivity contribution is 6.31. The van der Waals surface area contributed by atoms with Gasteiger partial charge in [-0.3, -0.25) is 4.79 Å². The molecule has 0 radical (unpaired) electrons. The van der Waals surface area contributed by atoms with Crippen LogP contribution in [-0.4, -0.2) is 35.6 Å². The summed E-state index contributed by atoms with van der Waals surface area (Å²) in [7, 11) is 0. The Labute approximate surface area is 123 Å². The van der Waals surface area contributed by atoms with Crippen LogP contribution in [0, 0.1) is 11.2 Å². The number of rotatable bonds is 5. The normalized spacial score (nSPS) is 23.1. The van der Waals surface area contributed by atoms with Gasteiger partial charge in [0.25, 0.3) is 0 Å². The summed E-state index contributed by atoms with van der Waals surface area (Å²) >= 11 is 5.98. The smallest absolute Gasteiger partial charge is 0.310 e. The molecule has 5 heteroatoms. The van der Waals surface area contributed by atoms with E-state index in [2.05, 4.69) is 4.90 Å². The van der Waals surface area contributed by atoms with E-state index in [0.29, 0.717) is 30.0 Å². The minimum Gasteiger partial charge on any atom is -0.481 e. The maximum absolute atomic E-state index is 13.6. The summed E-state index contributed by atoms with van der Waals surface area (Å²) in [6, 6.07) is 4.70. The van der Waals surface area contributed by atoms with Gasteiger partial charge in [0.1, 0.15) is 5.82 Å². The van der Waals surface area contributed by atoms with Crippen LogP contribution in [0.1, 0.15) is 25.3 Å². The maximum Gasteiger partial charge on any atom is 0.310 e. The van der Waals surface area contributed by atoms with Crippen molar-refractivity contribution in [3.8, 4) is 0 Å². The number of carboxylic acid groups (broad SMARTS) is 1. The summed E-state index contributed by atoms with van der Waals surface area (Å²) in [4.78, 5) is 13.3. The molecule has 20 heavy (non-hydrogen) atoms. The molecule has 110 valence electrons. The maximum atomic E-state index is 13.6. The molecule has 1 fully saturated rings. The predicted octanol–water partition coefficient (Wildman–Crippen LogP) is 3.21. The Kier molecular flexibility index (Phi) is 4.66. The van der Waals surface area contributed by atoms with E-state index in [-0.39, 0.29) is 5.82 Å². The lowest BCUT2D eigenvalue weighted by Gasteiger charge is -2.20. The average Bonchev–Trinajstić information content (AvgIpc) is 2.76. The van der Waals surface area contributed by atoms with Crippen LogP contribution in [0.25, 0.3) is 0 Å². The Balaban J connectivity index is 1.84. The second-order valence-electron chi connectivity index (χ2n) is 5.70. The van der Waals surface area contributed by atoms with Crippen LogP contribution >= 0.6 is 11.6 Å². The minimum atomic E-state index is -0.739. The van der Waals surface area contributed by atoms with Crippen LogP contribution < -0.4 is 0 Å². The number of benzene rings is 1. The van der Waals surface area contributed by atoms with Gasteiger partial charge >= 0.3 is 5.97 Å². The Bertz CT molecular complexity index is 488. The summed E-state index contributed by atoms with van der Waals surface area (Å²) in [5, 5.41) is 9.63. The highest BCUT2D eigenvalue weighted by Gasteiger charge is 2.39. The van der Waals surface area contributed by atoms with E-state index < -0.39 is 11.4 Å². The number of halogens is 2. The fourth-order valence-corrected chi connectivity index (χ4v) is 2.93. The molecule has 2 rings (SSSR count). The fraction of sp³-hybridized carbons (Fsp3) is 0.533. The standard InChI is InChI=1S/C15H19ClFNO2/c1-15(14(19)20)7-9-18(10-15)8-3-4-11-12(16)5-2-6-13(11)17/h2,5-6H,3-4,7-10H2,1H3,(H,19,20). The van der Waals surface area contributed by atoms with Crippen molar-refractivity contribution >= 4 is 17.6 Å². The Morgan fingerprint density at radius 2 is 2.30 bits per heavy atom. The third-order valence-electron chi connectivity index (χ3n) is 4.03. The number of nitrogens with zero attached hydrogens (tertiary/aromatic N) is 1. The van der Waals surface area contributed by atoms with Crippen molar-refractivity contribution < 1.29 is 14.3 Å². The van der Waals surface area contributed by atoms with Gasteiger partial charge in [-0.1, -0.05) is 17.7 Å². The van der Waals surface area contributed by atoms with Crippen LogP contribution in [0.3, 0.4) is 0 Å². The number of likely N-dealkylation sites (tertiary alicyclic amines) is 1. The number of aliphatic carboxylic acids is 1. The second-order valence-corrected chi connectivity index (χ2v) is 6.10. The lowest BCUT2D eigenvalue weighted by Crippen LogP contribution is -2.32. The molecule has 0 aliphatic carbocycles. The molecule has 1 unspecified atom stereocenters. The van der Waals surface area contributed by atoms with E-state index in [1.165, 1.54) is 6.07 Å². The molecule has 1 saturated heterocycles. The topological polar surface area (TPSA) is 40.5 Å². The van der Waals surface area contributed by atoms with Crippen molar-refractivity contribution in [2.75, 3.05) is 19.6 Å². The quantitative estimate of drug-likeness (QED) is 0.907. The summed E-state index contributed by atoms with van der Waals surface area (Å²) in [6.45, 7) is 3.90. The van der Waals surface area contributed by atoms with Gasteiger partial charge in [-0.25, -0.2) is 4.39 Å². The first-order chi connectivity index (χ1) is 9.42. The van der Waals surface area contributed by atoms with E-state index in [0.717, 1.165) is 19.5 Å². The zero-order valence-electron chi connectivity index (χ0n) is 11.5. The van der Waals surface area contributed by atoms with Gasteiger partial charge in [0, 0.05) is 17.1 Å². The lowest BCUT2D eigenvalue weighted by atomic mass is 9.90. The molecule has 1 heterocycles. The molecule has 1 aliphatic rings. The zero-order chi connectivity index (χ0) is 14.8. The van der Waals surface area contributed by atoms with E-state index in [4.69, 9.17) is 11.6 Å². The van der Waals surface area contributed by atoms with Crippen LogP contribution in [0.2, 0.25) is 5.02 Å². The summed E-state index contributed by atoms with van der Waals surface area (Å²) in [5.41, 5.74) is -0.0929. The van der Waals surface area contributed by atoms with Gasteiger partial charge in [-0.15, -0.1) is 0 Å². The van der Waals surface area contributed by atoms with Crippen molar-refractivity contribution in [3.05, 3.63) is 34.6 Å². The largest absolute Gasteiger partial charge is 0.481 e. The average molecular weight is 300 g/mol. The van der Waals surface area contributed by atoms with Gasteiger partial charge in [0.15, 0.2) is 0 Å². The van der Waals surface area contributed by atoms with Crippen molar-refractivity contribution in [2.45, 2.75) is 26.2 Å². The molecule has 0 saturated carbocycles. The Morgan fingerprint density at radius 3 is 2.90 bits per heavy atom. The molecule has 3 nitrogen and oxygen atoms in total. The van der Waals surface area contributed by atoms with Crippen molar-refractivity contribution in [3.63, 3.8) is 0 Å². The molecule has 0 aromatic heterocycles. The number of carboxylic acids is 1. The summed E-state index contributed by atoms with van der Waals surface area (Å²) in [5.74, 6) is -1.01. The third-order valence-corrected chi connectivity index (χ3v) is 4.39. The molecule has 1 aromatic carbocycles. The molecule has 0 amide bonds. The first kappa shape index (κ1) is 15.3. The molecule has 1 N–H and O–H groups in total. The molecular weight excluding hydrogens is 281 g/mol. The van der Waals surface area contributed by atoms with Gasteiger partial charge in [0.05, 0.1) is 5.41 Å². The zero-order valence-corrected chi connectivity index (χ0v) is 12.3. The first-order valence-electron chi connectivity index (χ1n) is 6.81. The number of carbonyl (C=O) groups is 1. The van der Waals surface area contributed by atoms with Gasteiger partial charge in [0.2, 0.25) is 0 Å². The van der Waals surface area contributed by atoms with E-state index in [1.54, 1.807) is 19.1 Å². The SMILES string of the molecule is CC1(C(=O)O)CCN(CCCc2c(F)cccc2Cl)C1. The van der Waals surface area contributed by atoms with Crippen LogP contribution in [0.15, 0.2) is 18.2 Å². The Morgan fingerprint density at radius 1 is 1.55 bits per heavy atom. The van der Waals surface area contributed by atoms with Crippen LogP contribution in [-0.2, 0) is 11.2 Å². The number of hydrogen-bond donors (Lipinski definition) is 1. The predicted molar refractivity (Wildman–Crippen MR) is 76.5 cm³/mol. The summed E-state index contributed by atoms with van der Waals surface area (Å²) in [6.07, 6.45) is 2.02. The van der Waals surface area contributed by atoms with Gasteiger partial charge in [-0.05, 0) is 51.4 Å². The Hall–Kier alpha value is -1.13. The van der Waals surface area contributed by atoms with Crippen LogP contribution in [0.5, 0.6) is 0 Å². The van der Waals surface area contributed by atoms with Crippen molar-refractivity contribution in [1.29, 1.82) is 0 Å². The fourth-order valence-electron chi connectivity index (χ4n) is 2.67. The molecule has 0 bridgehead atoms. The molecular formula is C15H19ClFNO2. The van der Waals surface area contributed by atoms with Gasteiger partial charge < -0.3 is 10.0 Å². The highest BCUT2D eigenvalue weighted by atomic mass is 35.5. The van der Waals surface area contributed by atoms with Gasteiger partial charge in [-0.2, -0.15) is 0 Å². The second kappa shape index (κ2) is 6.10. The molecule has 1 aliphatic heterocycles. The third kappa shape index (κ3) is 3.30.